The maximum Gasteiger partial charge on any atom is 0.418 e. The number of aryl methyl sites for hydroxylation is 1. The van der Waals surface area contributed by atoms with Crippen LogP contribution in [0.3, 0.4) is 0 Å². The number of benzene rings is 5. The van der Waals surface area contributed by atoms with Gasteiger partial charge in [-0.05, 0) is 115 Å². The second-order valence-electron chi connectivity index (χ2n) is 22.2. The summed E-state index contributed by atoms with van der Waals surface area (Å²) in [5.41, 5.74) is 1.03. The summed E-state index contributed by atoms with van der Waals surface area (Å²) in [5, 5.41) is -0.441. The molecular formula is C65H68ClF4N9O8S. The molecule has 88 heavy (non-hydrogen) atoms. The van der Waals surface area contributed by atoms with Crippen LogP contribution < -0.4 is 43.1 Å². The molecule has 0 N–H and O–H groups in total. The molecule has 0 saturated carbocycles. The van der Waals surface area contributed by atoms with E-state index in [0.717, 1.165) is 27.8 Å². The summed E-state index contributed by atoms with van der Waals surface area (Å²) >= 11 is 7.43. The fraction of sp³-hybridized carbons (Fsp3) is 0.354. The number of hydrogen-bond acceptors (Lipinski definition) is 16. The Bertz CT molecular complexity index is 3810. The Labute approximate surface area is 514 Å². The lowest BCUT2D eigenvalue weighted by Gasteiger charge is -2.38. The van der Waals surface area contributed by atoms with Gasteiger partial charge in [-0.1, -0.05) is 66.2 Å². The molecule has 23 heteroatoms. The molecule has 0 spiro atoms. The Morgan fingerprint density at radius 2 is 1.28 bits per heavy atom. The van der Waals surface area contributed by atoms with Crippen LogP contribution in [0.4, 0.5) is 35.0 Å². The van der Waals surface area contributed by atoms with Gasteiger partial charge < -0.3 is 43.1 Å². The second-order valence-corrected chi connectivity index (χ2v) is 24.6. The number of methoxy groups -OCH3 is 4. The number of pyridine rings is 2. The first kappa shape index (κ1) is 61.5. The average molecular weight is 1250 g/mol. The van der Waals surface area contributed by atoms with Crippen molar-refractivity contribution in [1.29, 1.82) is 0 Å². The summed E-state index contributed by atoms with van der Waals surface area (Å²) in [6.45, 7) is 5.68. The molecule has 3 aliphatic rings. The molecule has 0 aliphatic carbocycles. The van der Waals surface area contributed by atoms with E-state index in [1.807, 2.05) is 96.8 Å². The topological polar surface area (TPSA) is 157 Å². The quantitative estimate of drug-likeness (QED) is 0.0625. The van der Waals surface area contributed by atoms with Crippen LogP contribution in [0.2, 0.25) is 5.02 Å². The molecule has 3 aromatic heterocycles. The van der Waals surface area contributed by atoms with E-state index in [4.69, 9.17) is 60.0 Å². The third kappa shape index (κ3) is 13.0. The van der Waals surface area contributed by atoms with E-state index in [0.29, 0.717) is 74.4 Å². The fourth-order valence-corrected chi connectivity index (χ4v) is 13.3. The van der Waals surface area contributed by atoms with Crippen molar-refractivity contribution in [3.63, 3.8) is 0 Å². The van der Waals surface area contributed by atoms with Crippen molar-refractivity contribution in [3.05, 3.63) is 171 Å². The van der Waals surface area contributed by atoms with Gasteiger partial charge in [-0.3, -0.25) is 4.90 Å². The number of aromatic nitrogens is 4. The lowest BCUT2D eigenvalue weighted by molar-refractivity contribution is -0.137. The zero-order valence-corrected chi connectivity index (χ0v) is 51.4. The number of rotatable bonds is 21. The van der Waals surface area contributed by atoms with Crippen molar-refractivity contribution in [2.45, 2.75) is 77.2 Å². The van der Waals surface area contributed by atoms with Crippen LogP contribution in [0.15, 0.2) is 121 Å². The van der Waals surface area contributed by atoms with Gasteiger partial charge in [0.25, 0.3) is 0 Å². The maximum absolute atomic E-state index is 18.7. The number of sulfonamides is 1. The molecule has 0 radical (unpaired) electrons. The van der Waals surface area contributed by atoms with Crippen molar-refractivity contribution >= 4 is 50.0 Å². The Morgan fingerprint density at radius 1 is 0.739 bits per heavy atom. The molecule has 3 atom stereocenters. The summed E-state index contributed by atoms with van der Waals surface area (Å²) in [6.07, 6.45) is -0.752. The molecule has 3 aliphatic heterocycles. The van der Waals surface area contributed by atoms with Crippen molar-refractivity contribution in [1.82, 2.24) is 29.1 Å². The smallest absolute Gasteiger partial charge is 0.418 e. The molecule has 2 saturated heterocycles. The lowest BCUT2D eigenvalue weighted by Crippen LogP contribution is -2.54. The van der Waals surface area contributed by atoms with Crippen LogP contribution in [0.1, 0.15) is 64.8 Å². The Morgan fingerprint density at radius 3 is 1.81 bits per heavy atom. The summed E-state index contributed by atoms with van der Waals surface area (Å²) in [7, 11) is 2.92. The van der Waals surface area contributed by atoms with Crippen molar-refractivity contribution in [3.8, 4) is 46.0 Å². The van der Waals surface area contributed by atoms with Gasteiger partial charge in [-0.2, -0.15) is 27.4 Å². The van der Waals surface area contributed by atoms with E-state index in [2.05, 4.69) is 9.80 Å². The number of alkyl halides is 3. The summed E-state index contributed by atoms with van der Waals surface area (Å²) in [6, 6.07) is 34.2. The molecule has 6 heterocycles. The zero-order chi connectivity index (χ0) is 62.0. The summed E-state index contributed by atoms with van der Waals surface area (Å²) < 4.78 is 128. The van der Waals surface area contributed by atoms with Crippen molar-refractivity contribution in [2.24, 2.45) is 0 Å². The van der Waals surface area contributed by atoms with Gasteiger partial charge in [-0.15, -0.1) is 0 Å². The van der Waals surface area contributed by atoms with E-state index >= 15 is 17.6 Å². The molecule has 462 valence electrons. The monoisotopic (exact) mass is 1250 g/mol. The maximum atomic E-state index is 18.7. The molecule has 5 aromatic carbocycles. The predicted octanol–water partition coefficient (Wildman–Crippen LogP) is 12.1. The van der Waals surface area contributed by atoms with E-state index in [9.17, 15) is 8.42 Å². The van der Waals surface area contributed by atoms with Gasteiger partial charge in [0.1, 0.15) is 59.2 Å². The van der Waals surface area contributed by atoms with Gasteiger partial charge in [0.05, 0.1) is 74.5 Å². The Kier molecular flexibility index (Phi) is 18.1. The predicted molar refractivity (Wildman–Crippen MR) is 330 cm³/mol. The normalized spacial score (nSPS) is 16.6. The average Bonchev–Trinajstić information content (AvgIpc) is 1.21. The lowest BCUT2D eigenvalue weighted by atomic mass is 9.98. The third-order valence-electron chi connectivity index (χ3n) is 16.7. The van der Waals surface area contributed by atoms with E-state index < -0.39 is 55.4 Å². The second kappa shape index (κ2) is 25.9. The minimum absolute atomic E-state index is 0.0154. The number of ether oxygens (including phenoxy) is 6. The fourth-order valence-electron chi connectivity index (χ4n) is 12.1. The van der Waals surface area contributed by atoms with Crippen LogP contribution in [0, 0.1) is 12.7 Å². The van der Waals surface area contributed by atoms with Crippen LogP contribution in [0.25, 0.3) is 22.2 Å². The molecule has 8 aromatic rings. The van der Waals surface area contributed by atoms with Crippen LogP contribution in [-0.2, 0) is 42.4 Å². The highest BCUT2D eigenvalue weighted by Crippen LogP contribution is 2.52. The highest BCUT2D eigenvalue weighted by atomic mass is 35.5. The SMILES string of the molecule is COc1ccc(CN(Cc2ccc(OC)cc2)c2cc(C)c(C(F)(F)F)c(-c3c(Cl)c4c5c(nc(OC[C@H]6CC[C@@H]7CN(S(C)(=O)=O)CCN67)nc5c3F)N([C@H](C)c3cccnc3N(Cc3ccc(OC)cc3)Cc3ccc(OC)cc3)CCO4)n2)cc1. The highest BCUT2D eigenvalue weighted by molar-refractivity contribution is 7.88. The Hall–Kier alpha value is -8.18. The van der Waals surface area contributed by atoms with Gasteiger partial charge in [0.15, 0.2) is 11.6 Å². The Balaban J connectivity index is 1.05. The summed E-state index contributed by atoms with van der Waals surface area (Å²) in [5.74, 6) is 2.20. The largest absolute Gasteiger partial charge is 0.497 e. The first-order valence-corrected chi connectivity index (χ1v) is 31.1. The summed E-state index contributed by atoms with van der Waals surface area (Å²) in [4.78, 5) is 27.7. The number of nitrogens with zero attached hydrogens (tertiary/aromatic N) is 9. The van der Waals surface area contributed by atoms with Gasteiger partial charge in [0.2, 0.25) is 10.0 Å². The number of fused-ring (bicyclic) bond motifs is 1. The number of hydrogen-bond donors (Lipinski definition) is 0. The van der Waals surface area contributed by atoms with E-state index in [1.165, 1.54) is 23.6 Å². The molecule has 0 unspecified atom stereocenters. The van der Waals surface area contributed by atoms with Crippen molar-refractivity contribution in [2.75, 3.05) is 88.8 Å². The molecule has 17 nitrogen and oxygen atoms in total. The van der Waals surface area contributed by atoms with Crippen LogP contribution >= 0.6 is 11.6 Å². The van der Waals surface area contributed by atoms with Gasteiger partial charge in [-0.25, -0.2) is 22.8 Å². The van der Waals surface area contributed by atoms with E-state index in [1.54, 1.807) is 63.8 Å². The van der Waals surface area contributed by atoms with Crippen molar-refractivity contribution < 1.29 is 54.4 Å². The van der Waals surface area contributed by atoms with Crippen LogP contribution in [-0.4, -0.2) is 124 Å². The molecule has 0 amide bonds. The van der Waals surface area contributed by atoms with Gasteiger partial charge >= 0.3 is 12.2 Å². The number of piperazine rings is 1. The number of anilines is 3. The standard InChI is InChI=1S/C65H68ClF4N9O8S/c1-40-33-53(75(34-42-10-20-48(82-3)21-11-42)35-43-12-22-49(83-4)23-13-43)72-59(56(40)65(68,69)70)54-57(66)61-55-60(58(54)67)73-64(87-39-47-19-18-46-38-77(88(7,80)81)29-30-79(46)47)74-63(55)78(31-32-86-61)41(2)52-9-8-28-71-62(52)76(36-44-14-24-50(84-5)25-15-44)37-45-16-26-51(85-6)27-17-45/h8-17,20-28,33,41,46-47H,18-19,29-32,34-39H2,1-7H3/t41-,46-,47-/m1/s1. The molecule has 11 rings (SSSR count). The molecule has 2 fully saturated rings. The van der Waals surface area contributed by atoms with Gasteiger partial charge in [0, 0.05) is 69.7 Å². The van der Waals surface area contributed by atoms with E-state index in [-0.39, 0.29) is 79.3 Å². The number of halogens is 5. The van der Waals surface area contributed by atoms with Crippen LogP contribution in [0.5, 0.6) is 34.8 Å². The minimum atomic E-state index is -5.05. The molecule has 0 bridgehead atoms. The first-order chi connectivity index (χ1) is 42.3. The zero-order valence-electron chi connectivity index (χ0n) is 49.9. The third-order valence-corrected chi connectivity index (χ3v) is 18.3. The minimum Gasteiger partial charge on any atom is -0.497 e. The molecular weight excluding hydrogens is 1180 g/mol. The first-order valence-electron chi connectivity index (χ1n) is 28.8. The highest BCUT2D eigenvalue weighted by Gasteiger charge is 2.43.